The van der Waals surface area contributed by atoms with E-state index in [2.05, 4.69) is 54.0 Å². The maximum Gasteiger partial charge on any atom is 0.335 e. The van der Waals surface area contributed by atoms with E-state index < -0.39 is 6.10 Å². The summed E-state index contributed by atoms with van der Waals surface area (Å²) < 4.78 is 11.4. The molecule has 4 heteroatoms. The number of halogens is 1. The fourth-order valence-electron chi connectivity index (χ4n) is 2.85. The first-order valence-corrected chi connectivity index (χ1v) is 11.7. The highest BCUT2D eigenvalue weighted by Crippen LogP contribution is 2.13. The molecule has 27 heavy (non-hydrogen) atoms. The highest BCUT2D eigenvalue weighted by Gasteiger charge is 2.20. The van der Waals surface area contributed by atoms with Crippen molar-refractivity contribution in [3.05, 3.63) is 35.4 Å². The van der Waals surface area contributed by atoms with Gasteiger partial charge in [0.15, 0.2) is 6.10 Å². The number of carbonyl (C=O) groups is 1. The van der Waals surface area contributed by atoms with Gasteiger partial charge in [-0.2, -0.15) is 0 Å². The molecule has 0 radical (unpaired) electrons. The summed E-state index contributed by atoms with van der Waals surface area (Å²) in [5.74, 6) is -0.205. The number of benzene rings is 1. The van der Waals surface area contributed by atoms with Gasteiger partial charge in [0.25, 0.3) is 0 Å². The Balaban J connectivity index is 2.40. The van der Waals surface area contributed by atoms with Gasteiger partial charge < -0.3 is 9.47 Å². The standard InChI is InChI=1S/C23H37BrO3/c1-3-5-11-20-13-15-21(16-14-20)19-27-22(12-6-4-2)23(25)26-18-10-8-7-9-17-24/h13-16,22H,3-12,17-19H2,1-2H3. The second kappa shape index (κ2) is 16.1. The van der Waals surface area contributed by atoms with Crippen LogP contribution in [0.1, 0.15) is 82.8 Å². The molecule has 3 nitrogen and oxygen atoms in total. The highest BCUT2D eigenvalue weighted by molar-refractivity contribution is 9.09. The van der Waals surface area contributed by atoms with Crippen LogP contribution in [0.5, 0.6) is 0 Å². The molecule has 154 valence electrons. The number of unbranched alkanes of at least 4 members (excludes halogenated alkanes) is 5. The molecular formula is C23H37BrO3. The summed E-state index contributed by atoms with van der Waals surface area (Å²) in [4.78, 5) is 12.4. The van der Waals surface area contributed by atoms with Crippen molar-refractivity contribution in [3.8, 4) is 0 Å². The molecule has 0 N–H and O–H groups in total. The lowest BCUT2D eigenvalue weighted by atomic mass is 10.1. The molecule has 0 heterocycles. The summed E-state index contributed by atoms with van der Waals surface area (Å²) in [7, 11) is 0. The predicted octanol–water partition coefficient (Wildman–Crippen LogP) is 6.60. The lowest BCUT2D eigenvalue weighted by Crippen LogP contribution is -2.27. The van der Waals surface area contributed by atoms with Crippen molar-refractivity contribution >= 4 is 21.9 Å². The maximum absolute atomic E-state index is 12.4. The second-order valence-electron chi connectivity index (χ2n) is 7.13. The third-order valence-electron chi connectivity index (χ3n) is 4.65. The molecule has 0 fully saturated rings. The third kappa shape index (κ3) is 11.5. The lowest BCUT2D eigenvalue weighted by Gasteiger charge is -2.17. The van der Waals surface area contributed by atoms with Crippen molar-refractivity contribution in [2.75, 3.05) is 11.9 Å². The van der Waals surface area contributed by atoms with Crippen LogP contribution in [-0.4, -0.2) is 24.0 Å². The molecule has 1 rings (SSSR count). The van der Waals surface area contributed by atoms with Crippen molar-refractivity contribution in [2.24, 2.45) is 0 Å². The van der Waals surface area contributed by atoms with Gasteiger partial charge in [0.05, 0.1) is 13.2 Å². The van der Waals surface area contributed by atoms with Gasteiger partial charge in [-0.3, -0.25) is 0 Å². The fourth-order valence-corrected chi connectivity index (χ4v) is 3.25. The van der Waals surface area contributed by atoms with Gasteiger partial charge in [-0.05, 0) is 43.2 Å². The van der Waals surface area contributed by atoms with Crippen LogP contribution in [0.15, 0.2) is 24.3 Å². The van der Waals surface area contributed by atoms with Crippen LogP contribution in [0.3, 0.4) is 0 Å². The topological polar surface area (TPSA) is 35.5 Å². The van der Waals surface area contributed by atoms with E-state index in [1.807, 2.05) is 0 Å². The number of hydrogen-bond acceptors (Lipinski definition) is 3. The number of aryl methyl sites for hydroxylation is 1. The van der Waals surface area contributed by atoms with Crippen LogP contribution in [0.4, 0.5) is 0 Å². The van der Waals surface area contributed by atoms with Gasteiger partial charge in [0.1, 0.15) is 0 Å². The molecule has 0 aliphatic heterocycles. The minimum atomic E-state index is -0.452. The molecule has 0 bridgehead atoms. The first-order chi connectivity index (χ1) is 13.2. The first kappa shape index (κ1) is 24.2. The molecule has 0 saturated carbocycles. The Morgan fingerprint density at radius 1 is 0.926 bits per heavy atom. The largest absolute Gasteiger partial charge is 0.464 e. The SMILES string of the molecule is CCCCc1ccc(COC(CCCC)C(=O)OCCCCCCBr)cc1. The lowest BCUT2D eigenvalue weighted by molar-refractivity contribution is -0.158. The molecule has 0 aliphatic rings. The van der Waals surface area contributed by atoms with E-state index >= 15 is 0 Å². The molecular weight excluding hydrogens is 404 g/mol. The van der Waals surface area contributed by atoms with Crippen LogP contribution in [-0.2, 0) is 27.3 Å². The second-order valence-corrected chi connectivity index (χ2v) is 7.93. The van der Waals surface area contributed by atoms with Crippen LogP contribution in [0.2, 0.25) is 0 Å². The van der Waals surface area contributed by atoms with Crippen molar-refractivity contribution in [2.45, 2.75) is 90.8 Å². The molecule has 0 amide bonds. The average molecular weight is 441 g/mol. The van der Waals surface area contributed by atoms with E-state index in [9.17, 15) is 4.79 Å². The number of rotatable bonds is 16. The maximum atomic E-state index is 12.4. The summed E-state index contributed by atoms with van der Waals surface area (Å²) in [5.41, 5.74) is 2.47. The van der Waals surface area contributed by atoms with Crippen LogP contribution < -0.4 is 0 Å². The van der Waals surface area contributed by atoms with Crippen LogP contribution in [0, 0.1) is 0 Å². The zero-order valence-corrected chi connectivity index (χ0v) is 18.8. The summed E-state index contributed by atoms with van der Waals surface area (Å²) in [6.07, 6.45) is 10.2. The summed E-state index contributed by atoms with van der Waals surface area (Å²) >= 11 is 3.43. The van der Waals surface area contributed by atoms with E-state index in [1.165, 1.54) is 31.2 Å². The zero-order chi connectivity index (χ0) is 19.7. The van der Waals surface area contributed by atoms with Crippen molar-refractivity contribution in [3.63, 3.8) is 0 Å². The van der Waals surface area contributed by atoms with Gasteiger partial charge >= 0.3 is 5.97 Å². The molecule has 1 unspecified atom stereocenters. The first-order valence-electron chi connectivity index (χ1n) is 10.6. The Kier molecular flexibility index (Phi) is 14.4. The van der Waals surface area contributed by atoms with E-state index in [1.54, 1.807) is 0 Å². The molecule has 1 aromatic carbocycles. The van der Waals surface area contributed by atoms with Gasteiger partial charge in [-0.25, -0.2) is 4.79 Å². The zero-order valence-electron chi connectivity index (χ0n) is 17.2. The Hall–Kier alpha value is -0.870. The van der Waals surface area contributed by atoms with Crippen molar-refractivity contribution < 1.29 is 14.3 Å². The van der Waals surface area contributed by atoms with Gasteiger partial charge in [-0.1, -0.05) is 86.1 Å². The van der Waals surface area contributed by atoms with E-state index in [0.29, 0.717) is 13.2 Å². The molecule has 0 aromatic heterocycles. The summed E-state index contributed by atoms with van der Waals surface area (Å²) in [5, 5.41) is 1.04. The van der Waals surface area contributed by atoms with Crippen LogP contribution >= 0.6 is 15.9 Å². The molecule has 1 atom stereocenters. The van der Waals surface area contributed by atoms with E-state index in [-0.39, 0.29) is 5.97 Å². The minimum Gasteiger partial charge on any atom is -0.464 e. The Morgan fingerprint density at radius 2 is 1.59 bits per heavy atom. The summed E-state index contributed by atoms with van der Waals surface area (Å²) in [6, 6.07) is 8.55. The molecule has 0 spiro atoms. The normalized spacial score (nSPS) is 12.1. The number of ether oxygens (including phenoxy) is 2. The van der Waals surface area contributed by atoms with Gasteiger partial charge in [-0.15, -0.1) is 0 Å². The Morgan fingerprint density at radius 3 is 2.26 bits per heavy atom. The third-order valence-corrected chi connectivity index (χ3v) is 5.21. The van der Waals surface area contributed by atoms with Crippen LogP contribution in [0.25, 0.3) is 0 Å². The van der Waals surface area contributed by atoms with Gasteiger partial charge in [0.2, 0.25) is 0 Å². The molecule has 0 saturated heterocycles. The number of carbonyl (C=O) groups excluding carboxylic acids is 1. The van der Waals surface area contributed by atoms with Crippen molar-refractivity contribution in [1.82, 2.24) is 0 Å². The number of hydrogen-bond donors (Lipinski definition) is 0. The molecule has 1 aromatic rings. The fraction of sp³-hybridized carbons (Fsp3) is 0.696. The highest BCUT2D eigenvalue weighted by atomic mass is 79.9. The number of esters is 1. The Labute approximate surface area is 174 Å². The minimum absolute atomic E-state index is 0.205. The van der Waals surface area contributed by atoms with E-state index in [4.69, 9.17) is 9.47 Å². The summed E-state index contributed by atoms with van der Waals surface area (Å²) in [6.45, 7) is 5.30. The Bertz CT molecular complexity index is 487. The average Bonchev–Trinajstić information content (AvgIpc) is 2.69. The predicted molar refractivity (Wildman–Crippen MR) is 116 cm³/mol. The smallest absolute Gasteiger partial charge is 0.335 e. The monoisotopic (exact) mass is 440 g/mol. The van der Waals surface area contributed by atoms with E-state index in [0.717, 1.165) is 49.4 Å². The molecule has 0 aliphatic carbocycles. The van der Waals surface area contributed by atoms with Crippen molar-refractivity contribution in [1.29, 1.82) is 0 Å². The number of alkyl halides is 1. The van der Waals surface area contributed by atoms with Gasteiger partial charge in [0, 0.05) is 5.33 Å². The quantitative estimate of drug-likeness (QED) is 0.165.